The summed E-state index contributed by atoms with van der Waals surface area (Å²) in [5.41, 5.74) is 1.88. The van der Waals surface area contributed by atoms with Gasteiger partial charge in [0, 0.05) is 5.56 Å². The van der Waals surface area contributed by atoms with Crippen LogP contribution in [0.5, 0.6) is 0 Å². The van der Waals surface area contributed by atoms with Crippen LogP contribution in [-0.4, -0.2) is 21.8 Å². The first-order valence-electron chi connectivity index (χ1n) is 8.79. The zero-order chi connectivity index (χ0) is 19.5. The molecule has 0 spiro atoms. The lowest BCUT2D eigenvalue weighted by molar-refractivity contribution is -0.116. The van der Waals surface area contributed by atoms with Crippen LogP contribution in [0, 0.1) is 0 Å². The predicted molar refractivity (Wildman–Crippen MR) is 105 cm³/mol. The molecule has 142 valence electrons. The molecular weight excluding hydrogens is 376 g/mol. The maximum atomic E-state index is 12.6. The van der Waals surface area contributed by atoms with Gasteiger partial charge in [0.05, 0.1) is 40.7 Å². The first-order valence-corrected chi connectivity index (χ1v) is 10.1. The van der Waals surface area contributed by atoms with Crippen LogP contribution in [0.25, 0.3) is 0 Å². The molecule has 1 aromatic heterocycles. The summed E-state index contributed by atoms with van der Waals surface area (Å²) < 4.78 is 17.6. The van der Waals surface area contributed by atoms with E-state index < -0.39 is 10.8 Å². The van der Waals surface area contributed by atoms with Gasteiger partial charge in [-0.25, -0.2) is 0 Å². The van der Waals surface area contributed by atoms with E-state index in [4.69, 9.17) is 4.42 Å². The largest absolute Gasteiger partial charge is 0.467 e. The van der Waals surface area contributed by atoms with E-state index >= 15 is 0 Å². The Bertz CT molecular complexity index is 1030. The number of hydrogen-bond donors (Lipinski definition) is 1. The fourth-order valence-corrected chi connectivity index (χ4v) is 4.24. The van der Waals surface area contributed by atoms with Gasteiger partial charge in [-0.2, -0.15) is 0 Å². The summed E-state index contributed by atoms with van der Waals surface area (Å²) in [7, 11) is -1.41. The number of hydrogen-bond acceptors (Lipinski definition) is 4. The Morgan fingerprint density at radius 2 is 1.93 bits per heavy atom. The number of amides is 2. The molecular formula is C21H18N2O4S. The number of nitrogens with zero attached hydrogens (tertiary/aromatic N) is 1. The highest BCUT2D eigenvalue weighted by molar-refractivity contribution is 7.86. The van der Waals surface area contributed by atoms with Crippen LogP contribution in [0.2, 0.25) is 0 Å². The van der Waals surface area contributed by atoms with Crippen molar-refractivity contribution < 1.29 is 18.2 Å². The van der Waals surface area contributed by atoms with Gasteiger partial charge in [-0.15, -0.1) is 0 Å². The Morgan fingerprint density at radius 3 is 2.68 bits per heavy atom. The molecule has 1 N–H and O–H groups in total. The summed E-state index contributed by atoms with van der Waals surface area (Å²) in [6, 6.07) is 18.0. The van der Waals surface area contributed by atoms with Crippen LogP contribution in [-0.2, 0) is 28.7 Å². The van der Waals surface area contributed by atoms with E-state index in [2.05, 4.69) is 5.32 Å². The number of furan rings is 1. The highest BCUT2D eigenvalue weighted by Crippen LogP contribution is 2.31. The van der Waals surface area contributed by atoms with Gasteiger partial charge in [0.2, 0.25) is 5.91 Å². The number of benzene rings is 2. The quantitative estimate of drug-likeness (QED) is 0.722. The van der Waals surface area contributed by atoms with Crippen molar-refractivity contribution >= 4 is 28.3 Å². The molecule has 6 nitrogen and oxygen atoms in total. The highest BCUT2D eigenvalue weighted by Gasteiger charge is 2.30. The third kappa shape index (κ3) is 3.75. The lowest BCUT2D eigenvalue weighted by Gasteiger charge is -2.29. The SMILES string of the molecule is O=C(NCc1ccco1)c1ccc2c(c1)N(Cc1ccccc1)C(=O)C[S@@]2=O. The smallest absolute Gasteiger partial charge is 0.251 e. The Hall–Kier alpha value is -3.19. The van der Waals surface area contributed by atoms with Gasteiger partial charge in [-0.3, -0.25) is 13.8 Å². The lowest BCUT2D eigenvalue weighted by atomic mass is 10.1. The van der Waals surface area contributed by atoms with E-state index in [1.165, 1.54) is 0 Å². The van der Waals surface area contributed by atoms with Crippen molar-refractivity contribution in [2.75, 3.05) is 10.7 Å². The predicted octanol–water partition coefficient (Wildman–Crippen LogP) is 2.86. The summed E-state index contributed by atoms with van der Waals surface area (Å²) in [6.45, 7) is 0.628. The number of anilines is 1. The first kappa shape index (κ1) is 18.2. The van der Waals surface area contributed by atoms with Gasteiger partial charge in [0.25, 0.3) is 5.91 Å². The molecule has 4 rings (SSSR count). The number of carbonyl (C=O) groups is 2. The van der Waals surface area contributed by atoms with Crippen LogP contribution < -0.4 is 10.2 Å². The molecule has 0 fully saturated rings. The summed E-state index contributed by atoms with van der Waals surface area (Å²) in [5.74, 6) is 0.0861. The Labute approximate surface area is 164 Å². The monoisotopic (exact) mass is 394 g/mol. The van der Waals surface area contributed by atoms with Crippen molar-refractivity contribution in [3.8, 4) is 0 Å². The molecule has 0 aliphatic carbocycles. The Morgan fingerprint density at radius 1 is 1.11 bits per heavy atom. The van der Waals surface area contributed by atoms with Crippen LogP contribution in [0.15, 0.2) is 76.2 Å². The second-order valence-electron chi connectivity index (χ2n) is 6.40. The van der Waals surface area contributed by atoms with Gasteiger partial charge in [-0.1, -0.05) is 30.3 Å². The number of nitrogens with one attached hydrogen (secondary N) is 1. The van der Waals surface area contributed by atoms with E-state index in [0.29, 0.717) is 28.5 Å². The minimum atomic E-state index is -1.41. The zero-order valence-corrected chi connectivity index (χ0v) is 15.8. The van der Waals surface area contributed by atoms with E-state index in [1.54, 1.807) is 41.5 Å². The lowest BCUT2D eigenvalue weighted by Crippen LogP contribution is -2.38. The van der Waals surface area contributed by atoms with Crippen molar-refractivity contribution in [2.45, 2.75) is 18.0 Å². The number of rotatable bonds is 5. The van der Waals surface area contributed by atoms with Gasteiger partial charge in [0.1, 0.15) is 11.5 Å². The highest BCUT2D eigenvalue weighted by atomic mass is 32.2. The fourth-order valence-electron chi connectivity index (χ4n) is 3.09. The zero-order valence-electron chi connectivity index (χ0n) is 15.0. The normalized spacial score (nSPS) is 15.9. The third-order valence-electron chi connectivity index (χ3n) is 4.50. The van der Waals surface area contributed by atoms with Gasteiger partial charge < -0.3 is 14.6 Å². The first-order chi connectivity index (χ1) is 13.6. The molecule has 1 aliphatic heterocycles. The minimum absolute atomic E-state index is 0.0517. The van der Waals surface area contributed by atoms with Gasteiger partial charge in [-0.05, 0) is 35.9 Å². The number of fused-ring (bicyclic) bond motifs is 1. The molecule has 0 unspecified atom stereocenters. The van der Waals surface area contributed by atoms with Crippen molar-refractivity contribution in [3.05, 3.63) is 83.8 Å². The molecule has 1 aliphatic rings. The molecule has 0 radical (unpaired) electrons. The molecule has 2 aromatic carbocycles. The van der Waals surface area contributed by atoms with E-state index in [9.17, 15) is 13.8 Å². The van der Waals surface area contributed by atoms with Crippen LogP contribution >= 0.6 is 0 Å². The van der Waals surface area contributed by atoms with Crippen molar-refractivity contribution in [1.82, 2.24) is 5.32 Å². The molecule has 3 aromatic rings. The maximum Gasteiger partial charge on any atom is 0.251 e. The molecule has 0 saturated heterocycles. The van der Waals surface area contributed by atoms with E-state index in [-0.39, 0.29) is 24.1 Å². The summed E-state index contributed by atoms with van der Waals surface area (Å²) in [4.78, 5) is 27.2. The molecule has 2 heterocycles. The Balaban J connectivity index is 1.61. The molecule has 1 atom stereocenters. The van der Waals surface area contributed by atoms with Crippen molar-refractivity contribution in [1.29, 1.82) is 0 Å². The fraction of sp³-hybridized carbons (Fsp3) is 0.143. The van der Waals surface area contributed by atoms with Crippen molar-refractivity contribution in [2.24, 2.45) is 0 Å². The number of carbonyl (C=O) groups excluding carboxylic acids is 2. The Kier molecular flexibility index (Phi) is 5.08. The van der Waals surface area contributed by atoms with Crippen LogP contribution in [0.4, 0.5) is 5.69 Å². The van der Waals surface area contributed by atoms with E-state index in [0.717, 1.165) is 5.56 Å². The molecule has 0 bridgehead atoms. The van der Waals surface area contributed by atoms with Crippen LogP contribution in [0.1, 0.15) is 21.7 Å². The standard InChI is InChI=1S/C21H18N2O4S/c24-20-14-28(26)19-9-8-16(21(25)22-12-17-7-4-10-27-17)11-18(19)23(20)13-15-5-2-1-3-6-15/h1-11H,12-14H2,(H,22,25)/t28-/m0/s1. The summed E-state index contributed by atoms with van der Waals surface area (Å²) in [6.07, 6.45) is 1.54. The second-order valence-corrected chi connectivity index (χ2v) is 7.82. The average molecular weight is 394 g/mol. The second kappa shape index (κ2) is 7.82. The van der Waals surface area contributed by atoms with Crippen LogP contribution in [0.3, 0.4) is 0 Å². The van der Waals surface area contributed by atoms with Crippen molar-refractivity contribution in [3.63, 3.8) is 0 Å². The molecule has 2 amide bonds. The third-order valence-corrected chi connectivity index (χ3v) is 5.84. The molecule has 0 saturated carbocycles. The van der Waals surface area contributed by atoms with Gasteiger partial charge in [0.15, 0.2) is 0 Å². The average Bonchev–Trinajstić information content (AvgIpc) is 3.23. The maximum absolute atomic E-state index is 12.6. The summed E-state index contributed by atoms with van der Waals surface area (Å²) in [5, 5.41) is 2.78. The van der Waals surface area contributed by atoms with E-state index in [1.807, 2.05) is 30.3 Å². The van der Waals surface area contributed by atoms with Gasteiger partial charge >= 0.3 is 0 Å². The minimum Gasteiger partial charge on any atom is -0.467 e. The topological polar surface area (TPSA) is 79.6 Å². The summed E-state index contributed by atoms with van der Waals surface area (Å²) >= 11 is 0. The molecule has 28 heavy (non-hydrogen) atoms. The molecule has 7 heteroatoms.